The number of halogens is 3. The first-order valence-electron chi connectivity index (χ1n) is 5.37. The van der Waals surface area contributed by atoms with E-state index in [1.54, 1.807) is 31.0 Å². The minimum absolute atomic E-state index is 0.0266. The average Bonchev–Trinajstić information content (AvgIpc) is 2.11. The molecule has 0 radical (unpaired) electrons. The first kappa shape index (κ1) is 16.2. The number of aliphatic hydroxyl groups is 1. The standard InChI is InChI=1S/C10H19F3N2O2/c1-7(2)15(4-8(3)16)5-9(17)14-6-10(11,12)13/h7-8,16H,4-6H2,1-3H3,(H,14,17). The second-order valence-electron chi connectivity index (χ2n) is 4.26. The van der Waals surface area contributed by atoms with Gasteiger partial charge in [0.05, 0.1) is 12.6 Å². The fraction of sp³-hybridized carbons (Fsp3) is 0.900. The number of nitrogens with one attached hydrogen (secondary N) is 1. The molecule has 0 rings (SSSR count). The average molecular weight is 256 g/mol. The highest BCUT2D eigenvalue weighted by Gasteiger charge is 2.28. The van der Waals surface area contributed by atoms with E-state index in [-0.39, 0.29) is 19.1 Å². The van der Waals surface area contributed by atoms with Crippen LogP contribution in [-0.4, -0.2) is 53.9 Å². The lowest BCUT2D eigenvalue weighted by Gasteiger charge is -2.27. The smallest absolute Gasteiger partial charge is 0.392 e. The van der Waals surface area contributed by atoms with E-state index in [4.69, 9.17) is 0 Å². The molecule has 0 aliphatic rings. The number of carbonyl (C=O) groups is 1. The second-order valence-corrected chi connectivity index (χ2v) is 4.26. The third-order valence-electron chi connectivity index (χ3n) is 2.06. The van der Waals surface area contributed by atoms with Crippen molar-refractivity contribution in [1.29, 1.82) is 0 Å². The number of alkyl halides is 3. The molecule has 0 aromatic carbocycles. The molecule has 0 heterocycles. The zero-order valence-corrected chi connectivity index (χ0v) is 10.2. The summed E-state index contributed by atoms with van der Waals surface area (Å²) in [6.45, 7) is 3.93. The van der Waals surface area contributed by atoms with Crippen LogP contribution in [0.15, 0.2) is 0 Å². The minimum Gasteiger partial charge on any atom is -0.392 e. The van der Waals surface area contributed by atoms with Crippen LogP contribution in [0.25, 0.3) is 0 Å². The van der Waals surface area contributed by atoms with Crippen LogP contribution in [0.3, 0.4) is 0 Å². The molecule has 102 valence electrons. The van der Waals surface area contributed by atoms with Gasteiger partial charge in [0.2, 0.25) is 5.91 Å². The van der Waals surface area contributed by atoms with Gasteiger partial charge in [0.25, 0.3) is 0 Å². The highest BCUT2D eigenvalue weighted by atomic mass is 19.4. The Hall–Kier alpha value is -0.820. The Bertz CT molecular complexity index is 242. The molecule has 0 saturated heterocycles. The topological polar surface area (TPSA) is 52.6 Å². The highest BCUT2D eigenvalue weighted by molar-refractivity contribution is 5.78. The predicted octanol–water partition coefficient (Wildman–Crippen LogP) is 0.756. The molecule has 0 aliphatic heterocycles. The van der Waals surface area contributed by atoms with E-state index in [0.29, 0.717) is 0 Å². The zero-order valence-electron chi connectivity index (χ0n) is 10.2. The molecule has 0 aliphatic carbocycles. The normalized spacial score (nSPS) is 14.2. The quantitative estimate of drug-likeness (QED) is 0.737. The summed E-state index contributed by atoms with van der Waals surface area (Å²) in [7, 11) is 0. The Labute approximate surface area is 98.8 Å². The molecule has 1 amide bonds. The third kappa shape index (κ3) is 8.93. The number of rotatable bonds is 6. The summed E-state index contributed by atoms with van der Waals surface area (Å²) in [6, 6.07) is -0.0266. The van der Waals surface area contributed by atoms with Gasteiger partial charge in [-0.15, -0.1) is 0 Å². The molecule has 0 aromatic rings. The van der Waals surface area contributed by atoms with E-state index in [0.717, 1.165) is 0 Å². The van der Waals surface area contributed by atoms with Gasteiger partial charge in [-0.25, -0.2) is 0 Å². The Kier molecular flexibility index (Phi) is 6.48. The van der Waals surface area contributed by atoms with Crippen LogP contribution in [-0.2, 0) is 4.79 Å². The van der Waals surface area contributed by atoms with E-state index in [1.807, 2.05) is 0 Å². The molecule has 0 aromatic heterocycles. The lowest BCUT2D eigenvalue weighted by atomic mass is 10.2. The van der Waals surface area contributed by atoms with Crippen molar-refractivity contribution in [2.75, 3.05) is 19.6 Å². The van der Waals surface area contributed by atoms with Gasteiger partial charge in [0.15, 0.2) is 0 Å². The molecular weight excluding hydrogens is 237 g/mol. The maximum absolute atomic E-state index is 11.9. The summed E-state index contributed by atoms with van der Waals surface area (Å²) in [5.74, 6) is -0.698. The number of hydrogen-bond donors (Lipinski definition) is 2. The SMILES string of the molecule is CC(O)CN(CC(=O)NCC(F)(F)F)C(C)C. The molecule has 17 heavy (non-hydrogen) atoms. The van der Waals surface area contributed by atoms with Crippen molar-refractivity contribution >= 4 is 5.91 Å². The monoisotopic (exact) mass is 256 g/mol. The van der Waals surface area contributed by atoms with Crippen LogP contribution in [0.1, 0.15) is 20.8 Å². The molecule has 0 bridgehead atoms. The van der Waals surface area contributed by atoms with Crippen LogP contribution >= 0.6 is 0 Å². The Morgan fingerprint density at radius 3 is 2.24 bits per heavy atom. The molecular formula is C10H19F3N2O2. The molecule has 0 spiro atoms. The fourth-order valence-corrected chi connectivity index (χ4v) is 1.24. The van der Waals surface area contributed by atoms with Crippen molar-refractivity contribution in [2.45, 2.75) is 39.1 Å². The number of hydrogen-bond acceptors (Lipinski definition) is 3. The van der Waals surface area contributed by atoms with Gasteiger partial charge >= 0.3 is 6.18 Å². The lowest BCUT2D eigenvalue weighted by molar-refractivity contribution is -0.139. The molecule has 0 saturated carbocycles. The van der Waals surface area contributed by atoms with Crippen molar-refractivity contribution in [1.82, 2.24) is 10.2 Å². The Morgan fingerprint density at radius 2 is 1.88 bits per heavy atom. The summed E-state index contributed by atoms with van der Waals surface area (Å²) in [5, 5.41) is 11.0. The van der Waals surface area contributed by atoms with Crippen LogP contribution < -0.4 is 5.32 Å². The van der Waals surface area contributed by atoms with Crippen molar-refractivity contribution in [3.63, 3.8) is 0 Å². The summed E-state index contributed by atoms with van der Waals surface area (Å²) in [5.41, 5.74) is 0. The first-order chi connectivity index (χ1) is 7.61. The van der Waals surface area contributed by atoms with Crippen LogP contribution in [0, 0.1) is 0 Å². The summed E-state index contributed by atoms with van der Waals surface area (Å²) in [4.78, 5) is 12.9. The van der Waals surface area contributed by atoms with E-state index >= 15 is 0 Å². The van der Waals surface area contributed by atoms with Crippen LogP contribution in [0.5, 0.6) is 0 Å². The highest BCUT2D eigenvalue weighted by Crippen LogP contribution is 2.12. The molecule has 7 heteroatoms. The van der Waals surface area contributed by atoms with E-state index in [1.165, 1.54) is 0 Å². The number of nitrogens with zero attached hydrogens (tertiary/aromatic N) is 1. The van der Waals surface area contributed by atoms with E-state index in [9.17, 15) is 23.1 Å². The number of carbonyl (C=O) groups excluding carboxylic acids is 1. The van der Waals surface area contributed by atoms with Gasteiger partial charge < -0.3 is 10.4 Å². The molecule has 0 fully saturated rings. The zero-order chi connectivity index (χ0) is 13.6. The van der Waals surface area contributed by atoms with Crippen molar-refractivity contribution in [2.24, 2.45) is 0 Å². The largest absolute Gasteiger partial charge is 0.405 e. The minimum atomic E-state index is -4.40. The van der Waals surface area contributed by atoms with E-state index in [2.05, 4.69) is 0 Å². The molecule has 4 nitrogen and oxygen atoms in total. The van der Waals surface area contributed by atoms with Gasteiger partial charge in [-0.1, -0.05) is 0 Å². The van der Waals surface area contributed by atoms with Gasteiger partial charge in [-0.05, 0) is 20.8 Å². The molecule has 1 atom stereocenters. The van der Waals surface area contributed by atoms with Crippen molar-refractivity contribution in [3.05, 3.63) is 0 Å². The predicted molar refractivity (Wildman–Crippen MR) is 57.5 cm³/mol. The second kappa shape index (κ2) is 6.80. The number of amides is 1. The summed E-state index contributed by atoms with van der Waals surface area (Å²) in [6.07, 6.45) is -5.03. The van der Waals surface area contributed by atoms with Crippen LogP contribution in [0.4, 0.5) is 13.2 Å². The fourth-order valence-electron chi connectivity index (χ4n) is 1.24. The van der Waals surface area contributed by atoms with Gasteiger partial charge in [-0.2, -0.15) is 13.2 Å². The van der Waals surface area contributed by atoms with Gasteiger partial charge in [0.1, 0.15) is 6.54 Å². The van der Waals surface area contributed by atoms with Gasteiger partial charge in [-0.3, -0.25) is 9.69 Å². The lowest BCUT2D eigenvalue weighted by Crippen LogP contribution is -2.45. The van der Waals surface area contributed by atoms with E-state index < -0.39 is 24.7 Å². The van der Waals surface area contributed by atoms with Gasteiger partial charge in [0, 0.05) is 12.6 Å². The summed E-state index contributed by atoms with van der Waals surface area (Å²) >= 11 is 0. The molecule has 1 unspecified atom stereocenters. The van der Waals surface area contributed by atoms with Crippen molar-refractivity contribution in [3.8, 4) is 0 Å². The maximum atomic E-state index is 11.9. The first-order valence-corrected chi connectivity index (χ1v) is 5.37. The Morgan fingerprint density at radius 1 is 1.35 bits per heavy atom. The maximum Gasteiger partial charge on any atom is 0.405 e. The van der Waals surface area contributed by atoms with Crippen LogP contribution in [0.2, 0.25) is 0 Å². The molecule has 2 N–H and O–H groups in total. The summed E-state index contributed by atoms with van der Waals surface area (Å²) < 4.78 is 35.6. The third-order valence-corrected chi connectivity index (χ3v) is 2.06. The van der Waals surface area contributed by atoms with Crippen molar-refractivity contribution < 1.29 is 23.1 Å². The number of aliphatic hydroxyl groups excluding tert-OH is 1. The Balaban J connectivity index is 4.13.